The molecule has 1 aromatic heterocycles. The third-order valence-electron chi connectivity index (χ3n) is 8.64. The summed E-state index contributed by atoms with van der Waals surface area (Å²) >= 11 is 0. The third-order valence-corrected chi connectivity index (χ3v) is 8.64. The van der Waals surface area contributed by atoms with Gasteiger partial charge in [-0.05, 0) is 106 Å². The number of nitrogens with zero attached hydrogens (tertiary/aromatic N) is 4. The van der Waals surface area contributed by atoms with Gasteiger partial charge in [-0.2, -0.15) is 0 Å². The van der Waals surface area contributed by atoms with Crippen LogP contribution in [0, 0.1) is 0 Å². The molecule has 256 valence electrons. The van der Waals surface area contributed by atoms with Crippen LogP contribution in [-0.2, 0) is 13.1 Å². The number of nitrogens with one attached hydrogen (secondary N) is 2. The topological polar surface area (TPSA) is 82.2 Å². The molecule has 47 heavy (non-hydrogen) atoms. The lowest BCUT2D eigenvalue weighted by atomic mass is 10.1. The lowest BCUT2D eigenvalue weighted by Gasteiger charge is -2.27. The number of aromatic nitrogens is 1. The zero-order valence-corrected chi connectivity index (χ0v) is 28.7. The second-order valence-corrected chi connectivity index (χ2v) is 12.5. The molecule has 0 aliphatic carbocycles. The Hall–Kier alpha value is -3.82. The van der Waals surface area contributed by atoms with Gasteiger partial charge in [-0.3, -0.25) is 4.90 Å². The first kappa shape index (κ1) is 36.0. The summed E-state index contributed by atoms with van der Waals surface area (Å²) in [6.07, 6.45) is 11.0. The van der Waals surface area contributed by atoms with Crippen molar-refractivity contribution in [3.63, 3.8) is 0 Å². The molecule has 9 nitrogen and oxygen atoms in total. The van der Waals surface area contributed by atoms with E-state index in [9.17, 15) is 4.79 Å². The molecule has 3 aromatic rings. The summed E-state index contributed by atoms with van der Waals surface area (Å²) in [4.78, 5) is 24.0. The Morgan fingerprint density at radius 2 is 1.60 bits per heavy atom. The Bertz CT molecular complexity index is 1270. The Balaban J connectivity index is 1.00. The number of ether oxygens (including phenoxy) is 2. The summed E-state index contributed by atoms with van der Waals surface area (Å²) in [7, 11) is 3.88. The number of urea groups is 1. The SMILES string of the molecule is COc1ccc(CN(CCN(C)CCCCCCNC(=O)NCCCOc2cccc(CN3CCCCC3)c2)c2ccccn2)cc1. The molecule has 0 saturated carbocycles. The zero-order chi connectivity index (χ0) is 32.9. The third kappa shape index (κ3) is 14.2. The highest BCUT2D eigenvalue weighted by Gasteiger charge is 2.12. The van der Waals surface area contributed by atoms with E-state index in [0.29, 0.717) is 19.7 Å². The van der Waals surface area contributed by atoms with Crippen LogP contribution in [0.2, 0.25) is 0 Å². The number of likely N-dealkylation sites (N-methyl/N-ethyl adjacent to an activating group) is 1. The van der Waals surface area contributed by atoms with E-state index in [4.69, 9.17) is 9.47 Å². The molecule has 1 fully saturated rings. The molecule has 2 heterocycles. The fourth-order valence-electron chi connectivity index (χ4n) is 5.87. The first-order valence-corrected chi connectivity index (χ1v) is 17.5. The Morgan fingerprint density at radius 3 is 2.36 bits per heavy atom. The van der Waals surface area contributed by atoms with Crippen molar-refractivity contribution in [3.05, 3.63) is 84.1 Å². The van der Waals surface area contributed by atoms with Gasteiger partial charge in [0, 0.05) is 45.5 Å². The standard InChI is InChI=1S/C38H56N6O3/c1-42(27-28-44(37-16-6-8-21-39-37)32-33-17-19-35(46-2)20-18-33)24-9-4-3-7-22-40-38(45)41-23-13-29-47-36-15-12-14-34(30-36)31-43-25-10-5-11-26-43/h6,8,12,14-21,30H,3-5,7,9-11,13,22-29,31-32H2,1-2H3,(H2,40,41,45). The van der Waals surface area contributed by atoms with Crippen LogP contribution in [0.5, 0.6) is 11.5 Å². The van der Waals surface area contributed by atoms with Crippen LogP contribution in [-0.4, -0.2) is 87.4 Å². The number of hydrogen-bond acceptors (Lipinski definition) is 7. The number of methoxy groups -OCH3 is 1. The van der Waals surface area contributed by atoms with Crippen molar-refractivity contribution in [1.82, 2.24) is 25.4 Å². The molecule has 1 aliphatic rings. The van der Waals surface area contributed by atoms with Crippen molar-refractivity contribution < 1.29 is 14.3 Å². The van der Waals surface area contributed by atoms with Gasteiger partial charge in [0.05, 0.1) is 13.7 Å². The number of carbonyl (C=O) groups excluding carboxylic acids is 1. The molecule has 1 aliphatic heterocycles. The van der Waals surface area contributed by atoms with Crippen molar-refractivity contribution in [2.24, 2.45) is 0 Å². The van der Waals surface area contributed by atoms with Gasteiger partial charge in [-0.15, -0.1) is 0 Å². The first-order chi connectivity index (χ1) is 23.1. The molecule has 0 atom stereocenters. The van der Waals surface area contributed by atoms with E-state index in [2.05, 4.69) is 73.8 Å². The molecular formula is C38H56N6O3. The van der Waals surface area contributed by atoms with Gasteiger partial charge in [0.15, 0.2) is 0 Å². The monoisotopic (exact) mass is 644 g/mol. The van der Waals surface area contributed by atoms with E-state index in [0.717, 1.165) is 82.1 Å². The summed E-state index contributed by atoms with van der Waals surface area (Å²) < 4.78 is 11.3. The van der Waals surface area contributed by atoms with Gasteiger partial charge >= 0.3 is 6.03 Å². The average molecular weight is 645 g/mol. The quantitative estimate of drug-likeness (QED) is 0.131. The lowest BCUT2D eigenvalue weighted by molar-refractivity contribution is 0.220. The molecule has 2 N–H and O–H groups in total. The summed E-state index contributed by atoms with van der Waals surface area (Å²) in [5, 5.41) is 5.94. The van der Waals surface area contributed by atoms with E-state index in [1.165, 1.54) is 43.5 Å². The number of anilines is 1. The van der Waals surface area contributed by atoms with Crippen LogP contribution in [0.1, 0.15) is 62.5 Å². The maximum Gasteiger partial charge on any atom is 0.314 e. The number of amides is 2. The number of benzene rings is 2. The van der Waals surface area contributed by atoms with Crippen LogP contribution < -0.4 is 25.0 Å². The predicted molar refractivity (Wildman–Crippen MR) is 191 cm³/mol. The van der Waals surface area contributed by atoms with Crippen LogP contribution in [0.3, 0.4) is 0 Å². The number of piperidine rings is 1. The van der Waals surface area contributed by atoms with E-state index < -0.39 is 0 Å². The van der Waals surface area contributed by atoms with Gasteiger partial charge in [0.2, 0.25) is 0 Å². The minimum atomic E-state index is -0.0969. The van der Waals surface area contributed by atoms with Gasteiger partial charge in [-0.1, -0.05) is 49.6 Å². The van der Waals surface area contributed by atoms with Gasteiger partial charge in [0.25, 0.3) is 0 Å². The summed E-state index contributed by atoms with van der Waals surface area (Å²) in [5.41, 5.74) is 2.54. The van der Waals surface area contributed by atoms with E-state index in [-0.39, 0.29) is 6.03 Å². The smallest absolute Gasteiger partial charge is 0.314 e. The van der Waals surface area contributed by atoms with Gasteiger partial charge in [0.1, 0.15) is 17.3 Å². The Labute approximate surface area is 282 Å². The number of rotatable bonds is 21. The van der Waals surface area contributed by atoms with E-state index in [1.807, 2.05) is 36.5 Å². The van der Waals surface area contributed by atoms with Gasteiger partial charge < -0.3 is 29.9 Å². The van der Waals surface area contributed by atoms with Gasteiger partial charge in [-0.25, -0.2) is 9.78 Å². The maximum atomic E-state index is 12.2. The number of hydrogen-bond donors (Lipinski definition) is 2. The molecule has 2 aromatic carbocycles. The molecule has 2 amide bonds. The molecule has 0 unspecified atom stereocenters. The molecule has 0 spiro atoms. The summed E-state index contributed by atoms with van der Waals surface area (Å²) in [5.74, 6) is 2.77. The number of pyridine rings is 1. The minimum Gasteiger partial charge on any atom is -0.497 e. The molecular weight excluding hydrogens is 588 g/mol. The fraction of sp³-hybridized carbons (Fsp3) is 0.526. The molecule has 4 rings (SSSR count). The van der Waals surface area contributed by atoms with Crippen LogP contribution in [0.4, 0.5) is 10.6 Å². The summed E-state index contributed by atoms with van der Waals surface area (Å²) in [6, 6.07) is 22.6. The highest BCUT2D eigenvalue weighted by atomic mass is 16.5. The highest BCUT2D eigenvalue weighted by molar-refractivity contribution is 5.73. The van der Waals surface area contributed by atoms with E-state index >= 15 is 0 Å². The minimum absolute atomic E-state index is 0.0969. The van der Waals surface area contributed by atoms with Crippen molar-refractivity contribution >= 4 is 11.8 Å². The predicted octanol–water partition coefficient (Wildman–Crippen LogP) is 6.34. The second kappa shape index (κ2) is 21.1. The molecule has 0 radical (unpaired) electrons. The summed E-state index contributed by atoms with van der Waals surface area (Å²) in [6.45, 7) is 8.99. The van der Waals surface area contributed by atoms with Crippen LogP contribution >= 0.6 is 0 Å². The fourth-order valence-corrected chi connectivity index (χ4v) is 5.87. The zero-order valence-electron chi connectivity index (χ0n) is 28.7. The Kier molecular flexibility index (Phi) is 16.2. The molecule has 0 bridgehead atoms. The van der Waals surface area contributed by atoms with E-state index in [1.54, 1.807) is 7.11 Å². The van der Waals surface area contributed by atoms with Crippen LogP contribution in [0.15, 0.2) is 72.9 Å². The van der Waals surface area contributed by atoms with Crippen LogP contribution in [0.25, 0.3) is 0 Å². The average Bonchev–Trinajstić information content (AvgIpc) is 3.10. The number of carbonyl (C=O) groups is 1. The lowest BCUT2D eigenvalue weighted by Crippen LogP contribution is -2.36. The largest absolute Gasteiger partial charge is 0.497 e. The number of unbranched alkanes of at least 4 members (excludes halogenated alkanes) is 3. The maximum absolute atomic E-state index is 12.2. The molecule has 1 saturated heterocycles. The van der Waals surface area contributed by atoms with Crippen molar-refractivity contribution in [2.75, 3.05) is 71.5 Å². The highest BCUT2D eigenvalue weighted by Crippen LogP contribution is 2.19. The first-order valence-electron chi connectivity index (χ1n) is 17.5. The number of likely N-dealkylation sites (tertiary alicyclic amines) is 1. The molecule has 9 heteroatoms. The van der Waals surface area contributed by atoms with Crippen molar-refractivity contribution in [2.45, 2.75) is 64.5 Å². The van der Waals surface area contributed by atoms with Crippen molar-refractivity contribution in [3.8, 4) is 11.5 Å². The second-order valence-electron chi connectivity index (χ2n) is 12.5. The Morgan fingerprint density at radius 1 is 0.809 bits per heavy atom. The normalized spacial score (nSPS) is 13.3. The van der Waals surface area contributed by atoms with Crippen molar-refractivity contribution in [1.29, 1.82) is 0 Å².